The molecule has 0 aliphatic heterocycles. The van der Waals surface area contributed by atoms with Crippen molar-refractivity contribution in [2.75, 3.05) is 20.6 Å². The second-order valence-corrected chi connectivity index (χ2v) is 5.69. The standard InChI is InChI=1S/C11H14N4O3S/c1-15(2)11(16)5-6-14-19(17,18)10-4-3-9(7-12)13-8-10/h3-4,8,14H,5-6H2,1-2H3. The van der Waals surface area contributed by atoms with Gasteiger partial charge < -0.3 is 4.90 Å². The molecule has 0 saturated carbocycles. The van der Waals surface area contributed by atoms with Gasteiger partial charge in [-0.05, 0) is 12.1 Å². The Morgan fingerprint density at radius 2 is 2.16 bits per heavy atom. The monoisotopic (exact) mass is 282 g/mol. The van der Waals surface area contributed by atoms with Crippen molar-refractivity contribution in [3.8, 4) is 6.07 Å². The third-order valence-electron chi connectivity index (χ3n) is 2.29. The Balaban J connectivity index is 2.66. The zero-order valence-electron chi connectivity index (χ0n) is 10.6. The highest BCUT2D eigenvalue weighted by Crippen LogP contribution is 2.07. The van der Waals surface area contributed by atoms with E-state index in [1.807, 2.05) is 0 Å². The van der Waals surface area contributed by atoms with E-state index in [2.05, 4.69) is 9.71 Å². The molecule has 1 heterocycles. The summed E-state index contributed by atoms with van der Waals surface area (Å²) >= 11 is 0. The van der Waals surface area contributed by atoms with E-state index in [0.717, 1.165) is 6.20 Å². The number of carbonyl (C=O) groups is 1. The summed E-state index contributed by atoms with van der Waals surface area (Å²) in [4.78, 5) is 16.3. The highest BCUT2D eigenvalue weighted by atomic mass is 32.2. The van der Waals surface area contributed by atoms with Crippen LogP contribution in [0.2, 0.25) is 0 Å². The van der Waals surface area contributed by atoms with Crippen molar-refractivity contribution in [2.45, 2.75) is 11.3 Å². The third kappa shape index (κ3) is 4.31. The van der Waals surface area contributed by atoms with Crippen LogP contribution >= 0.6 is 0 Å². The van der Waals surface area contributed by atoms with E-state index in [0.29, 0.717) is 0 Å². The van der Waals surface area contributed by atoms with Crippen LogP contribution in [-0.2, 0) is 14.8 Å². The van der Waals surface area contributed by atoms with Gasteiger partial charge in [-0.3, -0.25) is 4.79 Å². The Kier molecular flexibility index (Phi) is 4.97. The molecule has 19 heavy (non-hydrogen) atoms. The Labute approximate surface area is 111 Å². The first-order chi connectivity index (χ1) is 8.86. The number of carbonyl (C=O) groups excluding carboxylic acids is 1. The van der Waals surface area contributed by atoms with E-state index >= 15 is 0 Å². The van der Waals surface area contributed by atoms with Crippen LogP contribution in [0.4, 0.5) is 0 Å². The maximum Gasteiger partial charge on any atom is 0.242 e. The van der Waals surface area contributed by atoms with Crippen LogP contribution in [-0.4, -0.2) is 44.8 Å². The maximum atomic E-state index is 11.8. The largest absolute Gasteiger partial charge is 0.349 e. The molecular weight excluding hydrogens is 268 g/mol. The van der Waals surface area contributed by atoms with Crippen LogP contribution in [0.25, 0.3) is 0 Å². The lowest BCUT2D eigenvalue weighted by atomic mass is 10.4. The normalized spacial score (nSPS) is 10.8. The fourth-order valence-corrected chi connectivity index (χ4v) is 2.18. The number of hydrogen-bond donors (Lipinski definition) is 1. The quantitative estimate of drug-likeness (QED) is 0.799. The smallest absolute Gasteiger partial charge is 0.242 e. The van der Waals surface area contributed by atoms with Crippen LogP contribution in [0.1, 0.15) is 12.1 Å². The number of sulfonamides is 1. The number of nitrogens with one attached hydrogen (secondary N) is 1. The predicted octanol–water partition coefficient (Wildman–Crippen LogP) is -0.290. The Morgan fingerprint density at radius 3 is 2.63 bits per heavy atom. The van der Waals surface area contributed by atoms with Gasteiger partial charge in [-0.25, -0.2) is 18.1 Å². The minimum absolute atomic E-state index is 0.0132. The fraction of sp³-hybridized carbons (Fsp3) is 0.364. The average molecular weight is 282 g/mol. The molecule has 0 saturated heterocycles. The fourth-order valence-electron chi connectivity index (χ4n) is 1.20. The van der Waals surface area contributed by atoms with Crippen LogP contribution in [0, 0.1) is 11.3 Å². The lowest BCUT2D eigenvalue weighted by molar-refractivity contribution is -0.128. The first kappa shape index (κ1) is 15.1. The zero-order valence-corrected chi connectivity index (χ0v) is 11.4. The molecular formula is C11H14N4O3S. The van der Waals surface area contributed by atoms with E-state index in [9.17, 15) is 13.2 Å². The minimum Gasteiger partial charge on any atom is -0.349 e. The van der Waals surface area contributed by atoms with Gasteiger partial charge in [0.2, 0.25) is 15.9 Å². The molecule has 0 spiro atoms. The molecule has 7 nitrogen and oxygen atoms in total. The summed E-state index contributed by atoms with van der Waals surface area (Å²) in [6.07, 6.45) is 1.19. The average Bonchev–Trinajstić information content (AvgIpc) is 2.38. The maximum absolute atomic E-state index is 11.8. The van der Waals surface area contributed by atoms with Crippen molar-refractivity contribution >= 4 is 15.9 Å². The van der Waals surface area contributed by atoms with Crippen molar-refractivity contribution in [1.82, 2.24) is 14.6 Å². The highest BCUT2D eigenvalue weighted by molar-refractivity contribution is 7.89. The topological polar surface area (TPSA) is 103 Å². The van der Waals surface area contributed by atoms with E-state index in [1.54, 1.807) is 20.2 Å². The zero-order chi connectivity index (χ0) is 14.5. The van der Waals surface area contributed by atoms with Crippen molar-refractivity contribution in [3.05, 3.63) is 24.0 Å². The molecule has 1 N–H and O–H groups in total. The van der Waals surface area contributed by atoms with Gasteiger partial charge in [0.05, 0.1) is 0 Å². The molecule has 1 aromatic heterocycles. The van der Waals surface area contributed by atoms with Crippen LogP contribution in [0.15, 0.2) is 23.2 Å². The Bertz CT molecular complexity index is 587. The molecule has 0 bridgehead atoms. The Morgan fingerprint density at radius 1 is 1.47 bits per heavy atom. The number of nitriles is 1. The van der Waals surface area contributed by atoms with Gasteiger partial charge in [-0.15, -0.1) is 0 Å². The van der Waals surface area contributed by atoms with E-state index in [-0.39, 0.29) is 29.5 Å². The number of hydrogen-bond acceptors (Lipinski definition) is 5. The highest BCUT2D eigenvalue weighted by Gasteiger charge is 2.15. The summed E-state index contributed by atoms with van der Waals surface area (Å²) in [6, 6.07) is 4.41. The van der Waals surface area contributed by atoms with Crippen molar-refractivity contribution in [1.29, 1.82) is 5.26 Å². The SMILES string of the molecule is CN(C)C(=O)CCNS(=O)(=O)c1ccc(C#N)nc1. The van der Waals surface area contributed by atoms with Gasteiger partial charge in [-0.1, -0.05) is 0 Å². The van der Waals surface area contributed by atoms with E-state index in [4.69, 9.17) is 5.26 Å². The lowest BCUT2D eigenvalue weighted by Crippen LogP contribution is -2.30. The predicted molar refractivity (Wildman–Crippen MR) is 67.5 cm³/mol. The van der Waals surface area contributed by atoms with Crippen LogP contribution in [0.5, 0.6) is 0 Å². The summed E-state index contributed by atoms with van der Waals surface area (Å²) in [6.45, 7) is 0.0132. The van der Waals surface area contributed by atoms with Crippen LogP contribution in [0.3, 0.4) is 0 Å². The van der Waals surface area contributed by atoms with Crippen molar-refractivity contribution in [3.63, 3.8) is 0 Å². The molecule has 102 valence electrons. The molecule has 1 amide bonds. The van der Waals surface area contributed by atoms with Crippen LogP contribution < -0.4 is 4.72 Å². The summed E-state index contributed by atoms with van der Waals surface area (Å²) in [7, 11) is -0.502. The second kappa shape index (κ2) is 6.26. The van der Waals surface area contributed by atoms with Gasteiger partial charge in [0.25, 0.3) is 0 Å². The molecule has 0 fully saturated rings. The summed E-state index contributed by atoms with van der Waals surface area (Å²) < 4.78 is 25.9. The third-order valence-corrected chi connectivity index (χ3v) is 3.74. The van der Waals surface area contributed by atoms with Gasteiger partial charge >= 0.3 is 0 Å². The van der Waals surface area contributed by atoms with E-state index < -0.39 is 10.0 Å². The molecule has 1 rings (SSSR count). The minimum atomic E-state index is -3.70. The van der Waals surface area contributed by atoms with Gasteiger partial charge in [-0.2, -0.15) is 5.26 Å². The summed E-state index contributed by atoms with van der Waals surface area (Å²) in [5.41, 5.74) is 0.140. The molecule has 0 unspecified atom stereocenters. The molecule has 0 aromatic carbocycles. The molecule has 0 aliphatic rings. The first-order valence-electron chi connectivity index (χ1n) is 5.43. The number of amides is 1. The van der Waals surface area contributed by atoms with Gasteiger partial charge in [0, 0.05) is 33.3 Å². The second-order valence-electron chi connectivity index (χ2n) is 3.93. The Hall–Kier alpha value is -1.98. The van der Waals surface area contributed by atoms with Crippen molar-refractivity contribution < 1.29 is 13.2 Å². The summed E-state index contributed by atoms with van der Waals surface area (Å²) in [5, 5.41) is 8.57. The molecule has 0 radical (unpaired) electrons. The van der Waals surface area contributed by atoms with Crippen molar-refractivity contribution in [2.24, 2.45) is 0 Å². The molecule has 8 heteroatoms. The number of aromatic nitrogens is 1. The van der Waals surface area contributed by atoms with E-state index in [1.165, 1.54) is 17.0 Å². The molecule has 0 atom stereocenters. The summed E-state index contributed by atoms with van der Waals surface area (Å²) in [5.74, 6) is -0.166. The van der Waals surface area contributed by atoms with Gasteiger partial charge in [0.1, 0.15) is 16.7 Å². The van der Waals surface area contributed by atoms with Gasteiger partial charge in [0.15, 0.2) is 0 Å². The lowest BCUT2D eigenvalue weighted by Gasteiger charge is -2.10. The first-order valence-corrected chi connectivity index (χ1v) is 6.91. The molecule has 0 aliphatic carbocycles. The molecule has 1 aromatic rings. The number of pyridine rings is 1. The number of rotatable bonds is 5. The number of nitrogens with zero attached hydrogens (tertiary/aromatic N) is 3.